The first kappa shape index (κ1) is 14.9. The van der Waals surface area contributed by atoms with Gasteiger partial charge in [0.1, 0.15) is 5.82 Å². The summed E-state index contributed by atoms with van der Waals surface area (Å²) in [5.41, 5.74) is 0.233. The zero-order valence-electron chi connectivity index (χ0n) is 11.9. The van der Waals surface area contributed by atoms with Crippen molar-refractivity contribution < 1.29 is 9.18 Å². The summed E-state index contributed by atoms with van der Waals surface area (Å²) in [6.07, 6.45) is 0. The topological polar surface area (TPSA) is 44.4 Å². The Bertz CT molecular complexity index is 554. The van der Waals surface area contributed by atoms with Crippen LogP contribution in [0.25, 0.3) is 0 Å². The van der Waals surface area contributed by atoms with Gasteiger partial charge in [0.05, 0.1) is 12.2 Å². The molecule has 0 aliphatic carbocycles. The van der Waals surface area contributed by atoms with E-state index in [0.29, 0.717) is 28.9 Å². The molecule has 0 radical (unpaired) electrons. The van der Waals surface area contributed by atoms with Crippen molar-refractivity contribution in [2.75, 3.05) is 31.5 Å². The van der Waals surface area contributed by atoms with Gasteiger partial charge >= 0.3 is 0 Å². The summed E-state index contributed by atoms with van der Waals surface area (Å²) < 4.78 is 14.4. The quantitative estimate of drug-likeness (QED) is 0.872. The molecule has 3 rings (SSSR count). The number of likely N-dealkylation sites (tertiary alicyclic amines) is 1. The summed E-state index contributed by atoms with van der Waals surface area (Å²) in [5, 5.41) is 6.06. The number of anilines is 1. The van der Waals surface area contributed by atoms with Crippen LogP contribution in [0.15, 0.2) is 22.7 Å². The Labute approximate surface area is 132 Å². The fourth-order valence-electron chi connectivity index (χ4n) is 3.43. The van der Waals surface area contributed by atoms with E-state index in [-0.39, 0.29) is 11.6 Å². The third kappa shape index (κ3) is 3.12. The largest absolute Gasteiger partial charge is 0.322 e. The van der Waals surface area contributed by atoms with Crippen molar-refractivity contribution in [2.24, 2.45) is 11.8 Å². The Morgan fingerprint density at radius 3 is 3.05 bits per heavy atom. The molecule has 1 aromatic rings. The lowest BCUT2D eigenvalue weighted by molar-refractivity contribution is -0.117. The van der Waals surface area contributed by atoms with Gasteiger partial charge in [0.15, 0.2) is 0 Å². The maximum atomic E-state index is 13.7. The van der Waals surface area contributed by atoms with Gasteiger partial charge in [0.25, 0.3) is 0 Å². The predicted octanol–water partition coefficient (Wildman–Crippen LogP) is 2.07. The van der Waals surface area contributed by atoms with Gasteiger partial charge in [-0.25, -0.2) is 4.39 Å². The van der Waals surface area contributed by atoms with E-state index in [0.717, 1.165) is 19.6 Å². The van der Waals surface area contributed by atoms with Crippen LogP contribution in [0.1, 0.15) is 6.92 Å². The Balaban J connectivity index is 1.59. The van der Waals surface area contributed by atoms with Crippen molar-refractivity contribution in [3.05, 3.63) is 28.5 Å². The standard InChI is InChI=1S/C15H19BrFN3O/c1-9-12-6-18-5-10(12)7-20(9)8-15(21)19-14-3-2-11(16)4-13(14)17/h2-4,9-10,12,18H,5-8H2,1H3,(H,19,21). The number of amides is 1. The fourth-order valence-corrected chi connectivity index (χ4v) is 3.76. The maximum absolute atomic E-state index is 13.7. The molecule has 2 fully saturated rings. The van der Waals surface area contributed by atoms with Crippen LogP contribution in [0.5, 0.6) is 0 Å². The molecule has 21 heavy (non-hydrogen) atoms. The Morgan fingerprint density at radius 1 is 1.52 bits per heavy atom. The van der Waals surface area contributed by atoms with Crippen LogP contribution in [0.4, 0.5) is 10.1 Å². The highest BCUT2D eigenvalue weighted by Gasteiger charge is 2.42. The first-order valence-electron chi connectivity index (χ1n) is 7.24. The highest BCUT2D eigenvalue weighted by molar-refractivity contribution is 9.10. The summed E-state index contributed by atoms with van der Waals surface area (Å²) in [4.78, 5) is 14.3. The molecule has 4 nitrogen and oxygen atoms in total. The molecule has 2 aliphatic rings. The average molecular weight is 356 g/mol. The summed E-state index contributed by atoms with van der Waals surface area (Å²) in [7, 11) is 0. The summed E-state index contributed by atoms with van der Waals surface area (Å²) in [6, 6.07) is 5.03. The smallest absolute Gasteiger partial charge is 0.238 e. The van der Waals surface area contributed by atoms with Crippen LogP contribution >= 0.6 is 15.9 Å². The first-order chi connectivity index (χ1) is 10.0. The van der Waals surface area contributed by atoms with Crippen LogP contribution in [-0.4, -0.2) is 43.0 Å². The molecular weight excluding hydrogens is 337 g/mol. The molecule has 0 spiro atoms. The number of carbonyl (C=O) groups excluding carboxylic acids is 1. The minimum Gasteiger partial charge on any atom is -0.322 e. The van der Waals surface area contributed by atoms with Gasteiger partial charge in [-0.2, -0.15) is 0 Å². The van der Waals surface area contributed by atoms with Gasteiger partial charge < -0.3 is 10.6 Å². The third-order valence-electron chi connectivity index (χ3n) is 4.61. The van der Waals surface area contributed by atoms with Crippen molar-refractivity contribution in [1.29, 1.82) is 0 Å². The third-order valence-corrected chi connectivity index (χ3v) is 5.10. The number of fused-ring (bicyclic) bond motifs is 1. The van der Waals surface area contributed by atoms with E-state index in [1.54, 1.807) is 12.1 Å². The molecule has 0 aromatic heterocycles. The molecular formula is C15H19BrFN3O. The summed E-state index contributed by atoms with van der Waals surface area (Å²) in [5.74, 6) is 0.684. The lowest BCUT2D eigenvalue weighted by Gasteiger charge is -2.23. The first-order valence-corrected chi connectivity index (χ1v) is 8.03. The second-order valence-electron chi connectivity index (χ2n) is 5.92. The lowest BCUT2D eigenvalue weighted by Crippen LogP contribution is -2.39. The van der Waals surface area contributed by atoms with Crippen LogP contribution in [-0.2, 0) is 4.79 Å². The molecule has 2 N–H and O–H groups in total. The molecule has 1 amide bonds. The van der Waals surface area contributed by atoms with Crippen molar-refractivity contribution in [2.45, 2.75) is 13.0 Å². The number of hydrogen-bond acceptors (Lipinski definition) is 3. The number of halogens is 2. The van der Waals surface area contributed by atoms with E-state index in [9.17, 15) is 9.18 Å². The highest BCUT2D eigenvalue weighted by Crippen LogP contribution is 2.32. The molecule has 2 aliphatic heterocycles. The molecule has 3 unspecified atom stereocenters. The predicted molar refractivity (Wildman–Crippen MR) is 83.6 cm³/mol. The van der Waals surface area contributed by atoms with Gasteiger partial charge in [0, 0.05) is 17.1 Å². The van der Waals surface area contributed by atoms with Crippen molar-refractivity contribution in [3.63, 3.8) is 0 Å². The number of carbonyl (C=O) groups is 1. The Hall–Kier alpha value is -0.980. The lowest BCUT2D eigenvalue weighted by atomic mass is 9.95. The molecule has 114 valence electrons. The molecule has 2 saturated heterocycles. The number of benzene rings is 1. The van der Waals surface area contributed by atoms with Crippen molar-refractivity contribution in [3.8, 4) is 0 Å². The SMILES string of the molecule is CC1C2CNCC2CN1CC(=O)Nc1ccc(Br)cc1F. The van der Waals surface area contributed by atoms with E-state index in [1.165, 1.54) is 6.07 Å². The zero-order valence-corrected chi connectivity index (χ0v) is 13.5. The monoisotopic (exact) mass is 355 g/mol. The van der Waals surface area contributed by atoms with Crippen molar-refractivity contribution >= 4 is 27.5 Å². The van der Waals surface area contributed by atoms with E-state index < -0.39 is 5.82 Å². The molecule has 0 bridgehead atoms. The normalized spacial score (nSPS) is 28.6. The van der Waals surface area contributed by atoms with Gasteiger partial charge in [-0.05, 0) is 50.0 Å². The average Bonchev–Trinajstić information content (AvgIpc) is 2.98. The van der Waals surface area contributed by atoms with Crippen LogP contribution < -0.4 is 10.6 Å². The zero-order chi connectivity index (χ0) is 15.0. The fraction of sp³-hybridized carbons (Fsp3) is 0.533. The van der Waals surface area contributed by atoms with Gasteiger partial charge in [-0.1, -0.05) is 15.9 Å². The summed E-state index contributed by atoms with van der Waals surface area (Å²) in [6.45, 7) is 5.50. The number of rotatable bonds is 3. The van der Waals surface area contributed by atoms with Crippen LogP contribution in [0.3, 0.4) is 0 Å². The Kier molecular flexibility index (Phi) is 4.28. The van der Waals surface area contributed by atoms with Crippen molar-refractivity contribution in [1.82, 2.24) is 10.2 Å². The Morgan fingerprint density at radius 2 is 2.33 bits per heavy atom. The van der Waals surface area contributed by atoms with E-state index in [2.05, 4.69) is 38.4 Å². The van der Waals surface area contributed by atoms with Crippen LogP contribution in [0, 0.1) is 17.7 Å². The van der Waals surface area contributed by atoms with Gasteiger partial charge in [0.2, 0.25) is 5.91 Å². The van der Waals surface area contributed by atoms with E-state index in [4.69, 9.17) is 0 Å². The van der Waals surface area contributed by atoms with Crippen LogP contribution in [0.2, 0.25) is 0 Å². The highest BCUT2D eigenvalue weighted by atomic mass is 79.9. The van der Waals surface area contributed by atoms with E-state index in [1.807, 2.05) is 0 Å². The molecule has 6 heteroatoms. The maximum Gasteiger partial charge on any atom is 0.238 e. The van der Waals surface area contributed by atoms with Gasteiger partial charge in [-0.3, -0.25) is 9.69 Å². The number of nitrogens with one attached hydrogen (secondary N) is 2. The van der Waals surface area contributed by atoms with Gasteiger partial charge in [-0.15, -0.1) is 0 Å². The van der Waals surface area contributed by atoms with E-state index >= 15 is 0 Å². The molecule has 2 heterocycles. The second kappa shape index (κ2) is 6.02. The summed E-state index contributed by atoms with van der Waals surface area (Å²) >= 11 is 3.20. The number of nitrogens with zero attached hydrogens (tertiary/aromatic N) is 1. The molecule has 1 aromatic carbocycles. The minimum absolute atomic E-state index is 0.156. The molecule has 3 atom stereocenters. The minimum atomic E-state index is -0.423. The second-order valence-corrected chi connectivity index (χ2v) is 6.84. The number of hydrogen-bond donors (Lipinski definition) is 2. The molecule has 0 saturated carbocycles.